The van der Waals surface area contributed by atoms with Crippen LogP contribution in [0.25, 0.3) is 0 Å². The Bertz CT molecular complexity index is 735. The van der Waals surface area contributed by atoms with E-state index in [1.807, 2.05) is 30.3 Å². The number of para-hydroxylation sites is 1. The van der Waals surface area contributed by atoms with Crippen LogP contribution in [0.15, 0.2) is 54.6 Å². The van der Waals surface area contributed by atoms with Crippen LogP contribution in [0.5, 0.6) is 5.75 Å². The van der Waals surface area contributed by atoms with Crippen molar-refractivity contribution >= 4 is 29.1 Å². The van der Waals surface area contributed by atoms with Gasteiger partial charge < -0.3 is 4.74 Å². The summed E-state index contributed by atoms with van der Waals surface area (Å²) in [5, 5.41) is 2.47. The van der Waals surface area contributed by atoms with E-state index in [-0.39, 0.29) is 17.4 Å². The number of hydrogen-bond acceptors (Lipinski definition) is 4. The Hall–Kier alpha value is -2.93. The Morgan fingerprint density at radius 3 is 2.38 bits per heavy atom. The zero-order valence-corrected chi connectivity index (χ0v) is 13.9. The summed E-state index contributed by atoms with van der Waals surface area (Å²) in [7, 11) is 1.48. The van der Waals surface area contributed by atoms with Crippen LogP contribution in [0.3, 0.4) is 0 Å². The molecule has 0 aromatic heterocycles. The second kappa shape index (κ2) is 8.64. The third kappa shape index (κ3) is 5.06. The highest BCUT2D eigenvalue weighted by Crippen LogP contribution is 2.16. The van der Waals surface area contributed by atoms with Crippen molar-refractivity contribution < 1.29 is 14.3 Å². The van der Waals surface area contributed by atoms with Gasteiger partial charge in [0.05, 0.1) is 19.1 Å². The Balaban J connectivity index is 1.82. The van der Waals surface area contributed by atoms with Crippen LogP contribution < -0.4 is 20.9 Å². The molecule has 0 aliphatic carbocycles. The highest BCUT2D eigenvalue weighted by molar-refractivity contribution is 7.80. The maximum atomic E-state index is 12.1. The van der Waals surface area contributed by atoms with E-state index >= 15 is 0 Å². The summed E-state index contributed by atoms with van der Waals surface area (Å²) in [4.78, 5) is 23.9. The number of hydrazine groups is 1. The van der Waals surface area contributed by atoms with Crippen LogP contribution in [-0.2, 0) is 11.2 Å². The van der Waals surface area contributed by atoms with Gasteiger partial charge in [0.15, 0.2) is 5.11 Å². The minimum atomic E-state index is -0.428. The van der Waals surface area contributed by atoms with Gasteiger partial charge in [0.2, 0.25) is 5.91 Å². The van der Waals surface area contributed by atoms with Crippen molar-refractivity contribution in [3.8, 4) is 5.75 Å². The zero-order chi connectivity index (χ0) is 17.4. The lowest BCUT2D eigenvalue weighted by molar-refractivity contribution is -0.121. The number of methoxy groups -OCH3 is 1. The molecule has 124 valence electrons. The molecule has 0 radical (unpaired) electrons. The first-order valence-corrected chi connectivity index (χ1v) is 7.58. The molecule has 2 amide bonds. The molecular formula is C17H17N3O3S. The molecule has 0 atom stereocenters. The number of rotatable bonds is 4. The highest BCUT2D eigenvalue weighted by atomic mass is 32.1. The molecule has 3 N–H and O–H groups in total. The van der Waals surface area contributed by atoms with Crippen LogP contribution in [0, 0.1) is 0 Å². The van der Waals surface area contributed by atoms with Gasteiger partial charge in [-0.15, -0.1) is 0 Å². The van der Waals surface area contributed by atoms with E-state index in [2.05, 4.69) is 16.2 Å². The van der Waals surface area contributed by atoms with Crippen molar-refractivity contribution in [2.75, 3.05) is 7.11 Å². The number of amides is 2. The third-order valence-corrected chi connectivity index (χ3v) is 3.31. The van der Waals surface area contributed by atoms with E-state index in [1.165, 1.54) is 7.11 Å². The van der Waals surface area contributed by atoms with Gasteiger partial charge in [0.25, 0.3) is 5.91 Å². The van der Waals surface area contributed by atoms with E-state index in [0.29, 0.717) is 11.3 Å². The first-order chi connectivity index (χ1) is 11.6. The van der Waals surface area contributed by atoms with Gasteiger partial charge in [-0.25, -0.2) is 0 Å². The number of nitrogens with one attached hydrogen (secondary N) is 3. The summed E-state index contributed by atoms with van der Waals surface area (Å²) in [6.45, 7) is 0. The third-order valence-electron chi connectivity index (χ3n) is 3.10. The van der Waals surface area contributed by atoms with Crippen molar-refractivity contribution in [2.45, 2.75) is 6.42 Å². The number of carbonyl (C=O) groups excluding carboxylic acids is 2. The maximum Gasteiger partial charge on any atom is 0.261 e. The van der Waals surface area contributed by atoms with Crippen molar-refractivity contribution in [2.24, 2.45) is 0 Å². The van der Waals surface area contributed by atoms with Crippen molar-refractivity contribution in [3.63, 3.8) is 0 Å². The minimum absolute atomic E-state index is 0.00711. The van der Waals surface area contributed by atoms with E-state index in [9.17, 15) is 9.59 Å². The largest absolute Gasteiger partial charge is 0.496 e. The Morgan fingerprint density at radius 1 is 1.00 bits per heavy atom. The fourth-order valence-corrected chi connectivity index (χ4v) is 2.13. The predicted octanol–water partition coefficient (Wildman–Crippen LogP) is 1.57. The number of benzene rings is 2. The van der Waals surface area contributed by atoms with Crippen LogP contribution >= 0.6 is 12.2 Å². The summed E-state index contributed by atoms with van der Waals surface area (Å²) in [5.41, 5.74) is 6.16. The molecule has 0 aliphatic rings. The lowest BCUT2D eigenvalue weighted by Gasteiger charge is -2.12. The summed E-state index contributed by atoms with van der Waals surface area (Å²) < 4.78 is 5.12. The van der Waals surface area contributed by atoms with Crippen LogP contribution in [-0.4, -0.2) is 24.0 Å². The van der Waals surface area contributed by atoms with Crippen LogP contribution in [0.2, 0.25) is 0 Å². The molecule has 24 heavy (non-hydrogen) atoms. The first-order valence-electron chi connectivity index (χ1n) is 7.17. The quantitative estimate of drug-likeness (QED) is 0.580. The Morgan fingerprint density at radius 2 is 1.67 bits per heavy atom. The number of ether oxygens (including phenoxy) is 1. The van der Waals surface area contributed by atoms with Gasteiger partial charge in [-0.2, -0.15) is 0 Å². The average molecular weight is 343 g/mol. The second-order valence-electron chi connectivity index (χ2n) is 4.82. The molecule has 2 aromatic carbocycles. The van der Waals surface area contributed by atoms with Crippen LogP contribution in [0.1, 0.15) is 15.9 Å². The molecule has 0 fully saturated rings. The molecule has 0 bridgehead atoms. The van der Waals surface area contributed by atoms with E-state index in [0.717, 1.165) is 5.56 Å². The monoisotopic (exact) mass is 343 g/mol. The zero-order valence-electron chi connectivity index (χ0n) is 13.0. The minimum Gasteiger partial charge on any atom is -0.496 e. The average Bonchev–Trinajstić information content (AvgIpc) is 2.60. The molecule has 7 heteroatoms. The molecular weight excluding hydrogens is 326 g/mol. The molecule has 0 saturated carbocycles. The van der Waals surface area contributed by atoms with Gasteiger partial charge in [-0.3, -0.25) is 25.8 Å². The summed E-state index contributed by atoms with van der Waals surface area (Å²) in [5.74, 6) is -0.261. The van der Waals surface area contributed by atoms with Gasteiger partial charge in [0, 0.05) is 0 Å². The number of thiocarbonyl (C=S) groups is 1. The van der Waals surface area contributed by atoms with Gasteiger partial charge in [-0.1, -0.05) is 42.5 Å². The molecule has 0 spiro atoms. The second-order valence-corrected chi connectivity index (χ2v) is 5.23. The SMILES string of the molecule is COc1ccccc1C(=O)NC(=S)NNC(=O)Cc1ccccc1. The molecule has 2 aromatic rings. The van der Waals surface area contributed by atoms with Gasteiger partial charge in [0.1, 0.15) is 5.75 Å². The van der Waals surface area contributed by atoms with Crippen molar-refractivity contribution in [1.29, 1.82) is 0 Å². The number of hydrogen-bond donors (Lipinski definition) is 3. The first kappa shape index (κ1) is 17.4. The lowest BCUT2D eigenvalue weighted by atomic mass is 10.1. The topological polar surface area (TPSA) is 79.5 Å². The van der Waals surface area contributed by atoms with E-state index in [4.69, 9.17) is 17.0 Å². The highest BCUT2D eigenvalue weighted by Gasteiger charge is 2.13. The van der Waals surface area contributed by atoms with E-state index < -0.39 is 5.91 Å². The van der Waals surface area contributed by atoms with Crippen molar-refractivity contribution in [1.82, 2.24) is 16.2 Å². The Kier molecular flexibility index (Phi) is 6.27. The predicted molar refractivity (Wildman–Crippen MR) is 94.5 cm³/mol. The molecule has 0 aliphatic heterocycles. The fraction of sp³-hybridized carbons (Fsp3) is 0.118. The lowest BCUT2D eigenvalue weighted by Crippen LogP contribution is -2.48. The van der Waals surface area contributed by atoms with Gasteiger partial charge in [-0.05, 0) is 29.9 Å². The Labute approximate surface area is 145 Å². The normalized spacial score (nSPS) is 9.71. The molecule has 0 unspecified atom stereocenters. The van der Waals surface area contributed by atoms with Gasteiger partial charge >= 0.3 is 0 Å². The number of carbonyl (C=O) groups is 2. The maximum absolute atomic E-state index is 12.1. The summed E-state index contributed by atoms with van der Waals surface area (Å²) >= 11 is 4.99. The summed E-state index contributed by atoms with van der Waals surface area (Å²) in [6.07, 6.45) is 0.205. The molecule has 6 nitrogen and oxygen atoms in total. The van der Waals surface area contributed by atoms with Crippen molar-refractivity contribution in [3.05, 3.63) is 65.7 Å². The molecule has 0 saturated heterocycles. The van der Waals surface area contributed by atoms with Crippen LogP contribution in [0.4, 0.5) is 0 Å². The molecule has 0 heterocycles. The summed E-state index contributed by atoms with van der Waals surface area (Å²) in [6, 6.07) is 16.1. The standard InChI is InChI=1S/C17H17N3O3S/c1-23-14-10-6-5-9-13(14)16(22)18-17(24)20-19-15(21)11-12-7-3-2-4-8-12/h2-10H,11H2,1H3,(H,19,21)(H2,18,20,22,24). The van der Waals surface area contributed by atoms with E-state index in [1.54, 1.807) is 24.3 Å². The smallest absolute Gasteiger partial charge is 0.261 e. The fourth-order valence-electron chi connectivity index (χ4n) is 1.99. The molecule has 2 rings (SSSR count).